The van der Waals surface area contributed by atoms with Gasteiger partial charge in [0.15, 0.2) is 0 Å². The highest BCUT2D eigenvalue weighted by Gasteiger charge is 2.10. The number of hydrogen-bond acceptors (Lipinski definition) is 3. The summed E-state index contributed by atoms with van der Waals surface area (Å²) in [6.45, 7) is 3.10. The smallest absolute Gasteiger partial charge is 0.0424 e. The molecule has 0 fully saturated rings. The van der Waals surface area contributed by atoms with Crippen LogP contribution in [0, 0.1) is 0 Å². The average Bonchev–Trinajstić information content (AvgIpc) is 2.46. The van der Waals surface area contributed by atoms with Gasteiger partial charge in [0.25, 0.3) is 0 Å². The van der Waals surface area contributed by atoms with Crippen molar-refractivity contribution in [1.82, 2.24) is 9.80 Å². The Hall–Kier alpha value is -1.42. The fraction of sp³-hybridized carbons (Fsp3) is 0.444. The maximum Gasteiger partial charge on any atom is 0.0424 e. The number of fused-ring (bicyclic) bond motifs is 1. The van der Waals surface area contributed by atoms with Crippen molar-refractivity contribution < 1.29 is 0 Å². The lowest BCUT2D eigenvalue weighted by Gasteiger charge is -2.22. The number of nitrogens with zero attached hydrogens (tertiary/aromatic N) is 2. The van der Waals surface area contributed by atoms with Crippen molar-refractivity contribution in [2.24, 2.45) is 5.73 Å². The molecular formula is C18H27N3. The van der Waals surface area contributed by atoms with Crippen LogP contribution in [0.1, 0.15) is 18.0 Å². The molecule has 3 nitrogen and oxygen atoms in total. The van der Waals surface area contributed by atoms with E-state index < -0.39 is 0 Å². The Bertz CT molecular complexity index is 565. The highest BCUT2D eigenvalue weighted by atomic mass is 15.1. The maximum absolute atomic E-state index is 6.37. The lowest BCUT2D eigenvalue weighted by atomic mass is 10.0. The summed E-state index contributed by atoms with van der Waals surface area (Å²) in [7, 11) is 6.37. The molecule has 114 valence electrons. The standard InChI is InChI=1S/C18H27N3/c1-20(2)11-6-12-21(3)14-18(19)17-10-9-15-7-4-5-8-16(15)13-17/h4-5,7-10,13,18H,6,11-12,14,19H2,1-3H3. The number of rotatable bonds is 7. The molecule has 2 rings (SSSR count). The molecule has 0 aromatic heterocycles. The summed E-state index contributed by atoms with van der Waals surface area (Å²) in [6.07, 6.45) is 1.17. The fourth-order valence-corrected chi connectivity index (χ4v) is 2.63. The second-order valence-corrected chi connectivity index (χ2v) is 6.13. The van der Waals surface area contributed by atoms with Crippen LogP contribution in [0.3, 0.4) is 0 Å². The SMILES string of the molecule is CN(C)CCCN(C)CC(N)c1ccc2ccccc2c1. The monoisotopic (exact) mass is 285 g/mol. The summed E-state index contributed by atoms with van der Waals surface area (Å²) in [5.41, 5.74) is 7.58. The quantitative estimate of drug-likeness (QED) is 0.849. The lowest BCUT2D eigenvalue weighted by molar-refractivity contribution is 0.286. The predicted molar refractivity (Wildman–Crippen MR) is 91.5 cm³/mol. The summed E-state index contributed by atoms with van der Waals surface area (Å²) in [5.74, 6) is 0. The van der Waals surface area contributed by atoms with Gasteiger partial charge in [-0.3, -0.25) is 0 Å². The number of likely N-dealkylation sites (N-methyl/N-ethyl adjacent to an activating group) is 1. The van der Waals surface area contributed by atoms with E-state index in [0.29, 0.717) is 0 Å². The van der Waals surface area contributed by atoms with Crippen molar-refractivity contribution >= 4 is 10.8 Å². The third kappa shape index (κ3) is 4.81. The number of benzene rings is 2. The molecule has 21 heavy (non-hydrogen) atoms. The van der Waals surface area contributed by atoms with E-state index in [-0.39, 0.29) is 6.04 Å². The molecule has 2 aromatic carbocycles. The van der Waals surface area contributed by atoms with Gasteiger partial charge in [-0.05, 0) is 63.1 Å². The molecule has 0 amide bonds. The van der Waals surface area contributed by atoms with E-state index in [0.717, 1.165) is 19.6 Å². The van der Waals surface area contributed by atoms with Gasteiger partial charge >= 0.3 is 0 Å². The molecule has 0 aliphatic heterocycles. The molecule has 2 aromatic rings. The highest BCUT2D eigenvalue weighted by molar-refractivity contribution is 5.83. The lowest BCUT2D eigenvalue weighted by Crippen LogP contribution is -2.31. The van der Waals surface area contributed by atoms with Crippen LogP contribution in [0.5, 0.6) is 0 Å². The van der Waals surface area contributed by atoms with Gasteiger partial charge < -0.3 is 15.5 Å². The predicted octanol–water partition coefficient (Wildman–Crippen LogP) is 2.72. The summed E-state index contributed by atoms with van der Waals surface area (Å²) >= 11 is 0. The average molecular weight is 285 g/mol. The second-order valence-electron chi connectivity index (χ2n) is 6.13. The molecule has 0 aliphatic carbocycles. The Morgan fingerprint density at radius 1 is 0.952 bits per heavy atom. The Balaban J connectivity index is 1.93. The van der Waals surface area contributed by atoms with Gasteiger partial charge in [-0.15, -0.1) is 0 Å². The Morgan fingerprint density at radius 3 is 2.38 bits per heavy atom. The normalized spacial score (nSPS) is 13.2. The van der Waals surface area contributed by atoms with E-state index in [1.165, 1.54) is 22.8 Å². The zero-order chi connectivity index (χ0) is 15.2. The molecule has 0 radical (unpaired) electrons. The zero-order valence-corrected chi connectivity index (χ0v) is 13.4. The van der Waals surface area contributed by atoms with Crippen molar-refractivity contribution in [3.05, 3.63) is 48.0 Å². The summed E-state index contributed by atoms with van der Waals surface area (Å²) in [5, 5.41) is 2.54. The Labute approximate surface area is 128 Å². The fourth-order valence-electron chi connectivity index (χ4n) is 2.63. The van der Waals surface area contributed by atoms with Gasteiger partial charge in [-0.1, -0.05) is 36.4 Å². The van der Waals surface area contributed by atoms with Crippen LogP contribution < -0.4 is 5.73 Å². The van der Waals surface area contributed by atoms with Crippen molar-refractivity contribution in [2.45, 2.75) is 12.5 Å². The zero-order valence-electron chi connectivity index (χ0n) is 13.4. The molecule has 0 saturated carbocycles. The third-order valence-electron chi connectivity index (χ3n) is 3.86. The van der Waals surface area contributed by atoms with E-state index in [2.05, 4.69) is 73.4 Å². The first kappa shape index (κ1) is 16.0. The van der Waals surface area contributed by atoms with Crippen molar-refractivity contribution in [1.29, 1.82) is 0 Å². The van der Waals surface area contributed by atoms with E-state index in [9.17, 15) is 0 Å². The Kier molecular flexibility index (Phi) is 5.74. The first-order chi connectivity index (χ1) is 10.1. The summed E-state index contributed by atoms with van der Waals surface area (Å²) < 4.78 is 0. The number of hydrogen-bond donors (Lipinski definition) is 1. The molecule has 0 spiro atoms. The Morgan fingerprint density at radius 2 is 1.67 bits per heavy atom. The maximum atomic E-state index is 6.37. The molecule has 1 unspecified atom stereocenters. The second kappa shape index (κ2) is 7.55. The first-order valence-corrected chi connectivity index (χ1v) is 7.64. The molecule has 0 bridgehead atoms. The van der Waals surface area contributed by atoms with Crippen LogP contribution in [0.15, 0.2) is 42.5 Å². The summed E-state index contributed by atoms with van der Waals surface area (Å²) in [4.78, 5) is 4.54. The number of nitrogens with two attached hydrogens (primary N) is 1. The minimum Gasteiger partial charge on any atom is -0.323 e. The minimum atomic E-state index is 0.0685. The van der Waals surface area contributed by atoms with Gasteiger partial charge in [0.05, 0.1) is 0 Å². The van der Waals surface area contributed by atoms with Gasteiger partial charge in [0.1, 0.15) is 0 Å². The minimum absolute atomic E-state index is 0.0685. The van der Waals surface area contributed by atoms with Crippen LogP contribution in [0.4, 0.5) is 0 Å². The third-order valence-corrected chi connectivity index (χ3v) is 3.86. The first-order valence-electron chi connectivity index (χ1n) is 7.64. The van der Waals surface area contributed by atoms with Gasteiger partial charge in [-0.25, -0.2) is 0 Å². The molecule has 0 aliphatic rings. The van der Waals surface area contributed by atoms with E-state index >= 15 is 0 Å². The molecule has 0 heterocycles. The van der Waals surface area contributed by atoms with E-state index in [1.807, 2.05) is 0 Å². The van der Waals surface area contributed by atoms with Crippen LogP contribution in [-0.2, 0) is 0 Å². The van der Waals surface area contributed by atoms with E-state index in [1.54, 1.807) is 0 Å². The molecule has 1 atom stereocenters. The van der Waals surface area contributed by atoms with E-state index in [4.69, 9.17) is 5.73 Å². The van der Waals surface area contributed by atoms with Crippen molar-refractivity contribution in [3.63, 3.8) is 0 Å². The van der Waals surface area contributed by atoms with Crippen molar-refractivity contribution in [2.75, 3.05) is 40.8 Å². The highest BCUT2D eigenvalue weighted by Crippen LogP contribution is 2.19. The molecule has 0 saturated heterocycles. The van der Waals surface area contributed by atoms with Crippen LogP contribution >= 0.6 is 0 Å². The van der Waals surface area contributed by atoms with Crippen molar-refractivity contribution in [3.8, 4) is 0 Å². The van der Waals surface area contributed by atoms with Crippen LogP contribution in [0.2, 0.25) is 0 Å². The van der Waals surface area contributed by atoms with Gasteiger partial charge in [-0.2, -0.15) is 0 Å². The van der Waals surface area contributed by atoms with Gasteiger partial charge in [0.2, 0.25) is 0 Å². The molecular weight excluding hydrogens is 258 g/mol. The van der Waals surface area contributed by atoms with Crippen LogP contribution in [-0.4, -0.2) is 50.6 Å². The molecule has 2 N–H and O–H groups in total. The van der Waals surface area contributed by atoms with Crippen LogP contribution in [0.25, 0.3) is 10.8 Å². The topological polar surface area (TPSA) is 32.5 Å². The van der Waals surface area contributed by atoms with Gasteiger partial charge in [0, 0.05) is 12.6 Å². The molecule has 3 heteroatoms. The summed E-state index contributed by atoms with van der Waals surface area (Å²) in [6, 6.07) is 15.0. The largest absolute Gasteiger partial charge is 0.323 e.